The van der Waals surface area contributed by atoms with Crippen molar-refractivity contribution in [2.45, 2.75) is 38.6 Å². The number of benzene rings is 2. The number of carbonyl (C=O) groups excluding carboxylic acids is 2. The minimum Gasteiger partial charge on any atom is -0.447 e. The maximum atomic E-state index is 13.5. The van der Waals surface area contributed by atoms with Crippen LogP contribution in [0.2, 0.25) is 0 Å². The largest absolute Gasteiger partial charge is 0.447 e. The van der Waals surface area contributed by atoms with Crippen molar-refractivity contribution in [2.24, 2.45) is 0 Å². The van der Waals surface area contributed by atoms with Crippen molar-refractivity contribution < 1.29 is 19.1 Å². The summed E-state index contributed by atoms with van der Waals surface area (Å²) in [6.07, 6.45) is 0.982. The van der Waals surface area contributed by atoms with Crippen LogP contribution in [-0.4, -0.2) is 51.0 Å². The molecule has 0 aliphatic heterocycles. The van der Waals surface area contributed by atoms with Crippen LogP contribution in [0.15, 0.2) is 48.5 Å². The zero-order chi connectivity index (χ0) is 23.0. The fraction of sp³-hybridized carbons (Fsp3) is 0.440. The number of ether oxygens (including phenoxy) is 2. The number of carbonyl (C=O) groups is 2. The van der Waals surface area contributed by atoms with Crippen LogP contribution in [-0.2, 0) is 27.1 Å². The number of alkyl carbamates (subject to hydrolysis) is 1. The predicted molar refractivity (Wildman–Crippen MR) is 126 cm³/mol. The van der Waals surface area contributed by atoms with Gasteiger partial charge in [-0.2, -0.15) is 0 Å². The highest BCUT2D eigenvalue weighted by Gasteiger charge is 2.43. The van der Waals surface area contributed by atoms with Gasteiger partial charge in [0.05, 0.1) is 6.61 Å². The average Bonchev–Trinajstić information content (AvgIpc) is 2.81. The maximum Gasteiger partial charge on any atom is 0.408 e. The van der Waals surface area contributed by atoms with E-state index in [1.54, 1.807) is 7.11 Å². The number of nitrogens with zero attached hydrogens (tertiary/aromatic N) is 1. The summed E-state index contributed by atoms with van der Waals surface area (Å²) >= 11 is 0. The smallest absolute Gasteiger partial charge is 0.408 e. The van der Waals surface area contributed by atoms with Gasteiger partial charge in [0, 0.05) is 38.0 Å². The second-order valence-corrected chi connectivity index (χ2v) is 7.95. The molecule has 7 heteroatoms. The van der Waals surface area contributed by atoms with Crippen molar-refractivity contribution in [2.75, 3.05) is 43.6 Å². The molecule has 0 aromatic heterocycles. The van der Waals surface area contributed by atoms with Crippen LogP contribution >= 0.6 is 0 Å². The highest BCUT2D eigenvalue weighted by molar-refractivity contribution is 6.00. The molecular weight excluding hydrogens is 406 g/mol. The molecule has 1 atom stereocenters. The molecule has 0 saturated carbocycles. The summed E-state index contributed by atoms with van der Waals surface area (Å²) in [5.41, 5.74) is 2.97. The van der Waals surface area contributed by atoms with Gasteiger partial charge in [-0.15, -0.1) is 0 Å². The van der Waals surface area contributed by atoms with E-state index in [4.69, 9.17) is 9.47 Å². The minimum absolute atomic E-state index is 0.128. The third-order valence-electron chi connectivity index (χ3n) is 5.98. The van der Waals surface area contributed by atoms with E-state index in [0.717, 1.165) is 24.3 Å². The lowest BCUT2D eigenvalue weighted by Gasteiger charge is -2.37. The third-order valence-corrected chi connectivity index (χ3v) is 5.98. The Kier molecular flexibility index (Phi) is 8.11. The summed E-state index contributed by atoms with van der Waals surface area (Å²) in [5, 5.41) is 5.87. The van der Waals surface area contributed by atoms with Crippen molar-refractivity contribution in [3.8, 4) is 0 Å². The van der Waals surface area contributed by atoms with E-state index in [9.17, 15) is 9.59 Å². The SMILES string of the molecule is CCN(CC)c1ccc(NC(=O)C2(NC(=O)OCCOC)CCc3ccccc3C2)cc1. The van der Waals surface area contributed by atoms with E-state index >= 15 is 0 Å². The molecule has 172 valence electrons. The lowest BCUT2D eigenvalue weighted by Crippen LogP contribution is -2.60. The highest BCUT2D eigenvalue weighted by atomic mass is 16.6. The normalized spacial score (nSPS) is 17.2. The quantitative estimate of drug-likeness (QED) is 0.582. The van der Waals surface area contributed by atoms with Gasteiger partial charge in [-0.05, 0) is 62.1 Å². The van der Waals surface area contributed by atoms with Crippen molar-refractivity contribution in [1.29, 1.82) is 0 Å². The lowest BCUT2D eigenvalue weighted by atomic mass is 9.77. The number of nitrogens with one attached hydrogen (secondary N) is 2. The van der Waals surface area contributed by atoms with Crippen molar-refractivity contribution in [3.05, 3.63) is 59.7 Å². The number of aryl methyl sites for hydroxylation is 1. The molecule has 3 rings (SSSR count). The Bertz CT molecular complexity index is 912. The maximum absolute atomic E-state index is 13.5. The van der Waals surface area contributed by atoms with Crippen molar-refractivity contribution in [3.63, 3.8) is 0 Å². The molecule has 1 aliphatic carbocycles. The standard InChI is InChI=1S/C25H33N3O4/c1-4-28(5-2)22-12-10-21(11-13-22)26-23(29)25(27-24(30)32-17-16-31-3)15-14-19-8-6-7-9-20(19)18-25/h6-13H,4-5,14-18H2,1-3H3,(H,26,29)(H,27,30). The summed E-state index contributed by atoms with van der Waals surface area (Å²) in [7, 11) is 1.54. The molecule has 2 amide bonds. The molecule has 0 heterocycles. The van der Waals surface area contributed by atoms with Gasteiger partial charge < -0.3 is 25.0 Å². The van der Waals surface area contributed by atoms with E-state index in [0.29, 0.717) is 31.6 Å². The molecule has 7 nitrogen and oxygen atoms in total. The van der Waals surface area contributed by atoms with Gasteiger partial charge in [-0.25, -0.2) is 4.79 Å². The van der Waals surface area contributed by atoms with Gasteiger partial charge in [0.2, 0.25) is 0 Å². The minimum atomic E-state index is -1.09. The van der Waals surface area contributed by atoms with Gasteiger partial charge in [0.15, 0.2) is 0 Å². The first-order valence-electron chi connectivity index (χ1n) is 11.2. The lowest BCUT2D eigenvalue weighted by molar-refractivity contribution is -0.122. The van der Waals surface area contributed by atoms with E-state index < -0.39 is 11.6 Å². The number of anilines is 2. The topological polar surface area (TPSA) is 79.9 Å². The fourth-order valence-electron chi connectivity index (χ4n) is 4.14. The Balaban J connectivity index is 1.78. The van der Waals surface area contributed by atoms with E-state index in [-0.39, 0.29) is 12.5 Å². The first-order chi connectivity index (χ1) is 15.5. The number of hydrogen-bond donors (Lipinski definition) is 2. The molecule has 2 N–H and O–H groups in total. The second kappa shape index (κ2) is 11.0. The Labute approximate surface area is 190 Å². The Hall–Kier alpha value is -3.06. The molecule has 0 radical (unpaired) electrons. The summed E-state index contributed by atoms with van der Waals surface area (Å²) < 4.78 is 10.1. The summed E-state index contributed by atoms with van der Waals surface area (Å²) in [4.78, 5) is 28.2. The number of amides is 2. The van der Waals surface area contributed by atoms with Crippen molar-refractivity contribution in [1.82, 2.24) is 5.32 Å². The van der Waals surface area contributed by atoms with E-state index in [2.05, 4.69) is 35.4 Å². The van der Waals surface area contributed by atoms with Crippen LogP contribution in [0.5, 0.6) is 0 Å². The molecule has 1 aliphatic rings. The summed E-state index contributed by atoms with van der Waals surface area (Å²) in [6.45, 7) is 6.49. The summed E-state index contributed by atoms with van der Waals surface area (Å²) in [6, 6.07) is 15.8. The average molecular weight is 440 g/mol. The molecule has 0 spiro atoms. The van der Waals surface area contributed by atoms with Crippen LogP contribution in [0.25, 0.3) is 0 Å². The molecule has 2 aromatic rings. The zero-order valence-corrected chi connectivity index (χ0v) is 19.1. The Morgan fingerprint density at radius 1 is 1.00 bits per heavy atom. The molecule has 0 fully saturated rings. The monoisotopic (exact) mass is 439 g/mol. The van der Waals surface area contributed by atoms with Crippen LogP contribution in [0.1, 0.15) is 31.4 Å². The van der Waals surface area contributed by atoms with Gasteiger partial charge in [-0.3, -0.25) is 4.79 Å². The van der Waals surface area contributed by atoms with Gasteiger partial charge in [-0.1, -0.05) is 24.3 Å². The first-order valence-corrected chi connectivity index (χ1v) is 11.2. The zero-order valence-electron chi connectivity index (χ0n) is 19.1. The Morgan fingerprint density at radius 3 is 2.34 bits per heavy atom. The third kappa shape index (κ3) is 5.59. The molecule has 1 unspecified atom stereocenters. The van der Waals surface area contributed by atoms with Gasteiger partial charge >= 0.3 is 6.09 Å². The van der Waals surface area contributed by atoms with E-state index in [1.807, 2.05) is 42.5 Å². The van der Waals surface area contributed by atoms with Crippen LogP contribution < -0.4 is 15.5 Å². The highest BCUT2D eigenvalue weighted by Crippen LogP contribution is 2.30. The second-order valence-electron chi connectivity index (χ2n) is 7.95. The number of fused-ring (bicyclic) bond motifs is 1. The molecule has 2 aromatic carbocycles. The van der Waals surface area contributed by atoms with Gasteiger partial charge in [0.25, 0.3) is 5.91 Å². The van der Waals surface area contributed by atoms with Crippen LogP contribution in [0.4, 0.5) is 16.2 Å². The first kappa shape index (κ1) is 23.6. The van der Waals surface area contributed by atoms with Crippen molar-refractivity contribution >= 4 is 23.4 Å². The van der Waals surface area contributed by atoms with E-state index in [1.165, 1.54) is 5.56 Å². The number of rotatable bonds is 9. The van der Waals surface area contributed by atoms with Gasteiger partial charge in [0.1, 0.15) is 12.1 Å². The predicted octanol–water partition coefficient (Wildman–Crippen LogP) is 3.77. The molecular formula is C25H33N3O4. The summed E-state index contributed by atoms with van der Waals surface area (Å²) in [5.74, 6) is -0.244. The van der Waals surface area contributed by atoms with Crippen LogP contribution in [0.3, 0.4) is 0 Å². The molecule has 0 bridgehead atoms. The van der Waals surface area contributed by atoms with Crippen LogP contribution in [0, 0.1) is 0 Å². The molecule has 32 heavy (non-hydrogen) atoms. The fourth-order valence-corrected chi connectivity index (χ4v) is 4.14. The Morgan fingerprint density at radius 2 is 1.69 bits per heavy atom. The number of methoxy groups -OCH3 is 1. The number of hydrogen-bond acceptors (Lipinski definition) is 5. The molecule has 0 saturated heterocycles.